The van der Waals surface area contributed by atoms with E-state index in [1.807, 2.05) is 13.0 Å². The Bertz CT molecular complexity index is 1360. The average Bonchev–Trinajstić information content (AvgIpc) is 3.10. The number of ether oxygens (including phenoxy) is 1. The van der Waals surface area contributed by atoms with E-state index in [2.05, 4.69) is 10.3 Å². The molecule has 0 aliphatic carbocycles. The number of thiocarbonyl (C=S) groups is 1. The molecule has 11 heteroatoms. The maximum Gasteiger partial charge on any atom is 0.267 e. The Balaban J connectivity index is 1.67. The van der Waals surface area contributed by atoms with Crippen molar-refractivity contribution in [3.8, 4) is 0 Å². The molecular formula is C24H23FN4O4S2. The number of thioether (sulfide) groups is 1. The van der Waals surface area contributed by atoms with E-state index in [0.717, 1.165) is 22.9 Å². The zero-order valence-corrected chi connectivity index (χ0v) is 20.5. The lowest BCUT2D eigenvalue weighted by Crippen LogP contribution is -2.27. The molecule has 2 N–H and O–H groups in total. The van der Waals surface area contributed by atoms with E-state index in [1.165, 1.54) is 27.5 Å². The number of fused-ring (bicyclic) bond motifs is 1. The maximum absolute atomic E-state index is 13.4. The highest BCUT2D eigenvalue weighted by Gasteiger charge is 2.32. The molecule has 0 saturated carbocycles. The number of aryl methyl sites for hydroxylation is 1. The number of nitrogens with one attached hydrogen (secondary N) is 1. The van der Waals surface area contributed by atoms with Crippen LogP contribution in [-0.4, -0.2) is 56.0 Å². The summed E-state index contributed by atoms with van der Waals surface area (Å²) in [6, 6.07) is 9.47. The number of carbonyl (C=O) groups excluding carboxylic acids is 1. The number of anilines is 1. The van der Waals surface area contributed by atoms with Gasteiger partial charge in [0.15, 0.2) is 0 Å². The second-order valence-electron chi connectivity index (χ2n) is 7.72. The highest BCUT2D eigenvalue weighted by molar-refractivity contribution is 8.26. The topological polar surface area (TPSA) is 96.2 Å². The Morgan fingerprint density at radius 1 is 1.23 bits per heavy atom. The molecule has 1 aromatic carbocycles. The molecule has 0 atom stereocenters. The molecule has 0 bridgehead atoms. The molecule has 0 radical (unpaired) electrons. The van der Waals surface area contributed by atoms with E-state index in [0.29, 0.717) is 33.8 Å². The number of hydrogen-bond acceptors (Lipinski definition) is 8. The second-order valence-corrected chi connectivity index (χ2v) is 9.40. The van der Waals surface area contributed by atoms with Gasteiger partial charge in [0, 0.05) is 12.7 Å². The van der Waals surface area contributed by atoms with Crippen molar-refractivity contribution >= 4 is 51.7 Å². The Kier molecular flexibility index (Phi) is 7.91. The lowest BCUT2D eigenvalue weighted by atomic mass is 10.2. The maximum atomic E-state index is 13.4. The van der Waals surface area contributed by atoms with Gasteiger partial charge in [0.1, 0.15) is 21.6 Å². The minimum Gasteiger partial charge on any atom is -0.394 e. The number of carbonyl (C=O) groups is 1. The SMILES string of the molecule is Cc1cccn2c(=O)c(/C=C3\SC(=S)N(Cc4ccc(F)cc4)C3=O)c(NCCOCCO)nc12. The third-order valence-electron chi connectivity index (χ3n) is 5.26. The molecule has 35 heavy (non-hydrogen) atoms. The first-order chi connectivity index (χ1) is 16.9. The largest absolute Gasteiger partial charge is 0.394 e. The molecule has 1 aliphatic heterocycles. The van der Waals surface area contributed by atoms with Gasteiger partial charge in [-0.1, -0.05) is 42.2 Å². The van der Waals surface area contributed by atoms with Crippen LogP contribution < -0.4 is 10.9 Å². The lowest BCUT2D eigenvalue weighted by Gasteiger charge is -2.14. The van der Waals surface area contributed by atoms with E-state index >= 15 is 0 Å². The van der Waals surface area contributed by atoms with Crippen LogP contribution in [-0.2, 0) is 16.1 Å². The first-order valence-electron chi connectivity index (χ1n) is 10.8. The smallest absolute Gasteiger partial charge is 0.267 e. The molecule has 3 heterocycles. The molecule has 0 unspecified atom stereocenters. The van der Waals surface area contributed by atoms with Gasteiger partial charge in [-0.05, 0) is 42.3 Å². The van der Waals surface area contributed by atoms with Crippen LogP contribution >= 0.6 is 24.0 Å². The van der Waals surface area contributed by atoms with Gasteiger partial charge in [0.05, 0.1) is 36.8 Å². The van der Waals surface area contributed by atoms with E-state index in [4.69, 9.17) is 22.1 Å². The number of benzene rings is 1. The standard InChI is InChI=1S/C24H23FN4O4S2/c1-15-3-2-9-28-21(15)27-20(26-8-11-33-12-10-30)18(22(28)31)13-19-23(32)29(24(34)35-19)14-16-4-6-17(25)7-5-16/h2-7,9,13,26,30H,8,10-12,14H2,1H3/b19-13-. The van der Waals surface area contributed by atoms with Gasteiger partial charge in [-0.3, -0.25) is 18.9 Å². The molecule has 4 rings (SSSR count). The number of aromatic nitrogens is 2. The minimum absolute atomic E-state index is 0.0835. The first kappa shape index (κ1) is 25.0. The molecule has 8 nitrogen and oxygen atoms in total. The fraction of sp³-hybridized carbons (Fsp3) is 0.250. The van der Waals surface area contributed by atoms with Crippen molar-refractivity contribution in [3.63, 3.8) is 0 Å². The number of halogens is 1. The minimum atomic E-state index is -0.361. The van der Waals surface area contributed by atoms with Crippen LogP contribution in [0.25, 0.3) is 11.7 Å². The molecule has 1 saturated heterocycles. The van der Waals surface area contributed by atoms with Gasteiger partial charge < -0.3 is 15.2 Å². The fourth-order valence-electron chi connectivity index (χ4n) is 3.52. The quantitative estimate of drug-likeness (QED) is 0.256. The number of hydrogen-bond donors (Lipinski definition) is 2. The van der Waals surface area contributed by atoms with Gasteiger partial charge in [0.25, 0.3) is 11.5 Å². The third kappa shape index (κ3) is 5.59. The van der Waals surface area contributed by atoms with Crippen molar-refractivity contribution in [2.45, 2.75) is 13.5 Å². The summed E-state index contributed by atoms with van der Waals surface area (Å²) in [6.07, 6.45) is 3.13. The summed E-state index contributed by atoms with van der Waals surface area (Å²) in [4.78, 5) is 32.9. The predicted octanol–water partition coefficient (Wildman–Crippen LogP) is 2.96. The van der Waals surface area contributed by atoms with E-state index < -0.39 is 0 Å². The van der Waals surface area contributed by atoms with Crippen molar-refractivity contribution in [1.82, 2.24) is 14.3 Å². The lowest BCUT2D eigenvalue weighted by molar-refractivity contribution is -0.122. The first-order valence-corrected chi connectivity index (χ1v) is 12.1. The summed E-state index contributed by atoms with van der Waals surface area (Å²) in [5, 5.41) is 12.0. The van der Waals surface area contributed by atoms with Crippen molar-refractivity contribution in [1.29, 1.82) is 0 Å². The van der Waals surface area contributed by atoms with Crippen LogP contribution in [0.2, 0.25) is 0 Å². The molecule has 1 fully saturated rings. The molecule has 182 valence electrons. The normalized spacial score (nSPS) is 14.9. The van der Waals surface area contributed by atoms with Crippen LogP contribution in [0.4, 0.5) is 10.2 Å². The van der Waals surface area contributed by atoms with Crippen molar-refractivity contribution < 1.29 is 19.0 Å². The van der Waals surface area contributed by atoms with Gasteiger partial charge in [0.2, 0.25) is 0 Å². The van der Waals surface area contributed by atoms with Gasteiger partial charge in [-0.15, -0.1) is 0 Å². The number of pyridine rings is 1. The highest BCUT2D eigenvalue weighted by atomic mass is 32.2. The Morgan fingerprint density at radius 2 is 2.00 bits per heavy atom. The number of nitrogens with zero attached hydrogens (tertiary/aromatic N) is 3. The third-order valence-corrected chi connectivity index (χ3v) is 6.64. The second kappa shape index (κ2) is 11.1. The molecule has 1 amide bonds. The fourth-order valence-corrected chi connectivity index (χ4v) is 4.76. The van der Waals surface area contributed by atoms with Crippen LogP contribution in [0.15, 0.2) is 52.3 Å². The molecular weight excluding hydrogens is 491 g/mol. The summed E-state index contributed by atoms with van der Waals surface area (Å²) >= 11 is 6.51. The monoisotopic (exact) mass is 514 g/mol. The van der Waals surface area contributed by atoms with Gasteiger partial charge in [-0.2, -0.15) is 0 Å². The molecule has 3 aromatic rings. The number of aliphatic hydroxyl groups excluding tert-OH is 1. The van der Waals surface area contributed by atoms with E-state index in [1.54, 1.807) is 24.4 Å². The summed E-state index contributed by atoms with van der Waals surface area (Å²) in [5.41, 5.74) is 1.94. The number of amides is 1. The molecule has 0 spiro atoms. The zero-order chi connectivity index (χ0) is 24.9. The van der Waals surface area contributed by atoms with E-state index in [-0.39, 0.29) is 42.6 Å². The van der Waals surface area contributed by atoms with Gasteiger partial charge in [-0.25, -0.2) is 9.37 Å². The average molecular weight is 515 g/mol. The van der Waals surface area contributed by atoms with Crippen LogP contribution in [0.3, 0.4) is 0 Å². The predicted molar refractivity (Wildman–Crippen MR) is 138 cm³/mol. The summed E-state index contributed by atoms with van der Waals surface area (Å²) < 4.78 is 20.3. The van der Waals surface area contributed by atoms with E-state index in [9.17, 15) is 14.0 Å². The van der Waals surface area contributed by atoms with Crippen molar-refractivity contribution in [2.24, 2.45) is 0 Å². The number of rotatable bonds is 9. The Hall–Kier alpha value is -3.12. The van der Waals surface area contributed by atoms with Crippen molar-refractivity contribution in [3.05, 3.63) is 80.4 Å². The molecule has 1 aliphatic rings. The molecule has 2 aromatic heterocycles. The Labute approximate surface area is 210 Å². The van der Waals surface area contributed by atoms with Gasteiger partial charge >= 0.3 is 0 Å². The van der Waals surface area contributed by atoms with Crippen LogP contribution in [0, 0.1) is 12.7 Å². The highest BCUT2D eigenvalue weighted by Crippen LogP contribution is 2.34. The Morgan fingerprint density at radius 3 is 2.74 bits per heavy atom. The summed E-state index contributed by atoms with van der Waals surface area (Å²) in [6.45, 7) is 2.83. The van der Waals surface area contributed by atoms with Crippen molar-refractivity contribution in [2.75, 3.05) is 31.7 Å². The zero-order valence-electron chi connectivity index (χ0n) is 18.9. The summed E-state index contributed by atoms with van der Waals surface area (Å²) in [5.74, 6) is -0.378. The van der Waals surface area contributed by atoms with Crippen LogP contribution in [0.5, 0.6) is 0 Å². The number of aliphatic hydroxyl groups is 1. The summed E-state index contributed by atoms with van der Waals surface area (Å²) in [7, 11) is 0. The van der Waals surface area contributed by atoms with Crippen LogP contribution in [0.1, 0.15) is 16.7 Å².